The predicted molar refractivity (Wildman–Crippen MR) is 117 cm³/mol. The minimum Gasteiger partial charge on any atom is -0.490 e. The van der Waals surface area contributed by atoms with Gasteiger partial charge in [-0.1, -0.05) is 13.8 Å². The molecule has 0 saturated carbocycles. The second-order valence-corrected chi connectivity index (χ2v) is 9.26. The van der Waals surface area contributed by atoms with E-state index in [4.69, 9.17) is 14.2 Å². The fourth-order valence-corrected chi connectivity index (χ4v) is 1.88. The van der Waals surface area contributed by atoms with Crippen LogP contribution < -0.4 is 14.8 Å². The molecule has 1 unspecified atom stereocenters. The summed E-state index contributed by atoms with van der Waals surface area (Å²) in [5.74, 6) is 0.507. The highest BCUT2D eigenvalue weighted by atomic mass is 35.5. The van der Waals surface area contributed by atoms with Crippen LogP contribution in [-0.2, 0) is 14.3 Å². The third-order valence-electron chi connectivity index (χ3n) is 3.72. The summed E-state index contributed by atoms with van der Waals surface area (Å²) < 4.78 is 16.7. The highest BCUT2D eigenvalue weighted by Crippen LogP contribution is 2.22. The van der Waals surface area contributed by atoms with Crippen LogP contribution in [0.25, 0.3) is 0 Å². The highest BCUT2D eigenvalue weighted by Gasteiger charge is 2.27. The lowest BCUT2D eigenvalue weighted by atomic mass is 9.97. The van der Waals surface area contributed by atoms with E-state index in [0.29, 0.717) is 18.0 Å². The van der Waals surface area contributed by atoms with E-state index in [9.17, 15) is 9.59 Å². The van der Waals surface area contributed by atoms with E-state index in [0.717, 1.165) is 0 Å². The Morgan fingerprint density at radius 2 is 1.38 bits per heavy atom. The Kier molecular flexibility index (Phi) is 10.7. The van der Waals surface area contributed by atoms with Crippen molar-refractivity contribution < 1.29 is 23.8 Å². The van der Waals surface area contributed by atoms with Gasteiger partial charge >= 0.3 is 11.9 Å². The standard InChI is InChI=1S/C22H35NO5.ClH/c1-15(2)23-13-18(28-20(25)22(6,7)8)14-26-16-9-11-17(12-10-16)27-19(24)21(3,4)5;/h9-12,15,18,23H,13-14H2,1-8H3;1H. The van der Waals surface area contributed by atoms with Crippen molar-refractivity contribution in [2.24, 2.45) is 10.8 Å². The van der Waals surface area contributed by atoms with Gasteiger partial charge < -0.3 is 19.5 Å². The number of carbonyl (C=O) groups is 2. The Labute approximate surface area is 181 Å². The Morgan fingerprint density at radius 1 is 0.897 bits per heavy atom. The number of benzene rings is 1. The molecule has 29 heavy (non-hydrogen) atoms. The van der Waals surface area contributed by atoms with Crippen LogP contribution in [0.3, 0.4) is 0 Å². The Morgan fingerprint density at radius 3 is 1.83 bits per heavy atom. The lowest BCUT2D eigenvalue weighted by Gasteiger charge is -2.24. The fraction of sp³-hybridized carbons (Fsp3) is 0.636. The first kappa shape index (κ1) is 27.2. The van der Waals surface area contributed by atoms with E-state index in [1.807, 2.05) is 34.6 Å². The van der Waals surface area contributed by atoms with E-state index in [1.54, 1.807) is 45.0 Å². The molecule has 0 saturated heterocycles. The number of hydrogen-bond acceptors (Lipinski definition) is 6. The van der Waals surface area contributed by atoms with Crippen LogP contribution in [-0.4, -0.2) is 37.2 Å². The predicted octanol–water partition coefficient (Wildman–Crippen LogP) is 4.39. The van der Waals surface area contributed by atoms with E-state index in [2.05, 4.69) is 5.32 Å². The zero-order valence-electron chi connectivity index (χ0n) is 18.8. The van der Waals surface area contributed by atoms with Crippen LogP contribution in [0, 0.1) is 10.8 Å². The molecule has 0 radical (unpaired) electrons. The maximum atomic E-state index is 12.2. The third-order valence-corrected chi connectivity index (χ3v) is 3.72. The van der Waals surface area contributed by atoms with Crippen LogP contribution in [0.1, 0.15) is 55.4 Å². The zero-order valence-corrected chi connectivity index (χ0v) is 19.6. The van der Waals surface area contributed by atoms with Crippen LogP contribution >= 0.6 is 12.4 Å². The van der Waals surface area contributed by atoms with Crippen molar-refractivity contribution in [1.29, 1.82) is 0 Å². The van der Waals surface area contributed by atoms with Gasteiger partial charge in [0.2, 0.25) is 0 Å². The molecule has 0 aliphatic heterocycles. The number of halogens is 1. The number of hydrogen-bond donors (Lipinski definition) is 1. The summed E-state index contributed by atoms with van der Waals surface area (Å²) in [4.78, 5) is 24.1. The molecule has 0 aliphatic carbocycles. The zero-order chi connectivity index (χ0) is 21.5. The first-order valence-electron chi connectivity index (χ1n) is 9.68. The quantitative estimate of drug-likeness (QED) is 0.487. The minimum atomic E-state index is -0.575. The van der Waals surface area contributed by atoms with Crippen molar-refractivity contribution in [2.75, 3.05) is 13.2 Å². The van der Waals surface area contributed by atoms with Gasteiger partial charge in [-0.05, 0) is 65.8 Å². The minimum absolute atomic E-state index is 0. The number of esters is 2. The molecule has 1 N–H and O–H groups in total. The van der Waals surface area contributed by atoms with Gasteiger partial charge in [-0.3, -0.25) is 9.59 Å². The van der Waals surface area contributed by atoms with Crippen LogP contribution in [0.5, 0.6) is 11.5 Å². The maximum absolute atomic E-state index is 12.2. The molecule has 0 aromatic heterocycles. The van der Waals surface area contributed by atoms with E-state index < -0.39 is 16.9 Å². The molecule has 166 valence electrons. The second kappa shape index (κ2) is 11.4. The van der Waals surface area contributed by atoms with Crippen molar-refractivity contribution in [3.05, 3.63) is 24.3 Å². The van der Waals surface area contributed by atoms with Crippen molar-refractivity contribution >= 4 is 24.3 Å². The number of nitrogens with one attached hydrogen (secondary N) is 1. The first-order chi connectivity index (χ1) is 12.8. The Balaban J connectivity index is 0.00000784. The monoisotopic (exact) mass is 429 g/mol. The van der Waals surface area contributed by atoms with Crippen LogP contribution in [0.4, 0.5) is 0 Å². The van der Waals surface area contributed by atoms with Gasteiger partial charge in [-0.15, -0.1) is 12.4 Å². The summed E-state index contributed by atoms with van der Waals surface area (Å²) in [7, 11) is 0. The molecule has 0 bridgehead atoms. The summed E-state index contributed by atoms with van der Waals surface area (Å²) in [5, 5.41) is 3.27. The normalized spacial score (nSPS) is 12.7. The fourth-order valence-electron chi connectivity index (χ4n) is 1.88. The molecule has 1 rings (SSSR count). The molecule has 0 heterocycles. The second-order valence-electron chi connectivity index (χ2n) is 9.26. The van der Waals surface area contributed by atoms with Gasteiger partial charge in [0.05, 0.1) is 10.8 Å². The Bertz CT molecular complexity index is 645. The van der Waals surface area contributed by atoms with Crippen molar-refractivity contribution in [2.45, 2.75) is 67.5 Å². The summed E-state index contributed by atoms with van der Waals surface area (Å²) in [6.45, 7) is 15.7. The van der Waals surface area contributed by atoms with E-state index >= 15 is 0 Å². The molecule has 0 spiro atoms. The first-order valence-corrected chi connectivity index (χ1v) is 9.68. The maximum Gasteiger partial charge on any atom is 0.316 e. The number of ether oxygens (including phenoxy) is 3. The summed E-state index contributed by atoms with van der Waals surface area (Å²) in [6.07, 6.45) is -0.410. The van der Waals surface area contributed by atoms with Crippen LogP contribution in [0.2, 0.25) is 0 Å². The van der Waals surface area contributed by atoms with Gasteiger partial charge in [0.15, 0.2) is 0 Å². The van der Waals surface area contributed by atoms with Gasteiger partial charge in [0.1, 0.15) is 24.2 Å². The third kappa shape index (κ3) is 10.5. The largest absolute Gasteiger partial charge is 0.490 e. The Hall–Kier alpha value is -1.79. The number of carbonyl (C=O) groups excluding carboxylic acids is 2. The van der Waals surface area contributed by atoms with E-state index in [-0.39, 0.29) is 37.0 Å². The van der Waals surface area contributed by atoms with Gasteiger partial charge in [-0.25, -0.2) is 0 Å². The molecule has 0 amide bonds. The van der Waals surface area contributed by atoms with Gasteiger partial charge in [0.25, 0.3) is 0 Å². The van der Waals surface area contributed by atoms with Crippen molar-refractivity contribution in [3.63, 3.8) is 0 Å². The lowest BCUT2D eigenvalue weighted by molar-refractivity contribution is -0.160. The van der Waals surface area contributed by atoms with E-state index in [1.165, 1.54) is 0 Å². The van der Waals surface area contributed by atoms with Gasteiger partial charge in [0, 0.05) is 12.6 Å². The lowest BCUT2D eigenvalue weighted by Crippen LogP contribution is -2.40. The highest BCUT2D eigenvalue weighted by molar-refractivity contribution is 5.85. The summed E-state index contributed by atoms with van der Waals surface area (Å²) in [6, 6.07) is 7.09. The molecule has 0 fully saturated rings. The average Bonchev–Trinajstić information content (AvgIpc) is 2.56. The molecule has 1 aromatic rings. The van der Waals surface area contributed by atoms with Crippen LogP contribution in [0.15, 0.2) is 24.3 Å². The summed E-state index contributed by atoms with van der Waals surface area (Å²) >= 11 is 0. The molecule has 0 aliphatic rings. The van der Waals surface area contributed by atoms with Crippen molar-refractivity contribution in [3.8, 4) is 11.5 Å². The smallest absolute Gasteiger partial charge is 0.316 e. The molecule has 7 heteroatoms. The topological polar surface area (TPSA) is 73.9 Å². The number of rotatable bonds is 8. The average molecular weight is 430 g/mol. The summed E-state index contributed by atoms with van der Waals surface area (Å²) in [5.41, 5.74) is -1.14. The molecular formula is C22H36ClNO5. The molecule has 1 atom stereocenters. The molecular weight excluding hydrogens is 394 g/mol. The van der Waals surface area contributed by atoms with Crippen molar-refractivity contribution in [1.82, 2.24) is 5.32 Å². The molecule has 6 nitrogen and oxygen atoms in total. The molecule has 1 aromatic carbocycles. The van der Waals surface area contributed by atoms with Gasteiger partial charge in [-0.2, -0.15) is 0 Å². The SMILES string of the molecule is CC(C)NCC(COc1ccc(OC(=O)C(C)(C)C)cc1)OC(=O)C(C)(C)C.Cl.